The number of amides is 1. The molecule has 3 N–H and O–H groups in total. The van der Waals surface area contributed by atoms with E-state index in [-0.39, 0.29) is 11.6 Å². The van der Waals surface area contributed by atoms with Crippen LogP contribution in [0.5, 0.6) is 0 Å². The molecule has 0 radical (unpaired) electrons. The Morgan fingerprint density at radius 2 is 1.71 bits per heavy atom. The van der Waals surface area contributed by atoms with E-state index in [0.717, 1.165) is 5.56 Å². The first-order valence-corrected chi connectivity index (χ1v) is 10.3. The lowest BCUT2D eigenvalue weighted by Crippen LogP contribution is -2.61. The number of nitrogens with zero attached hydrogens (tertiary/aromatic N) is 2. The normalized spacial score (nSPS) is 18.6. The van der Waals surface area contributed by atoms with Gasteiger partial charge in [0.15, 0.2) is 0 Å². The van der Waals surface area contributed by atoms with E-state index >= 15 is 0 Å². The number of nitrogens with one attached hydrogen (secondary N) is 1. The molecule has 1 aliphatic heterocycles. The summed E-state index contributed by atoms with van der Waals surface area (Å²) in [5, 5.41) is 2.94. The maximum atomic E-state index is 13.3. The predicted octanol–water partition coefficient (Wildman–Crippen LogP) is 2.36. The Morgan fingerprint density at radius 1 is 1.16 bits per heavy atom. The molecule has 3 rings (SSSR count). The van der Waals surface area contributed by atoms with Gasteiger partial charge < -0.3 is 20.4 Å². The molecule has 1 fully saturated rings. The summed E-state index contributed by atoms with van der Waals surface area (Å²) in [7, 11) is -0.791. The predicted molar refractivity (Wildman–Crippen MR) is 121 cm³/mol. The van der Waals surface area contributed by atoms with Crippen LogP contribution in [0.1, 0.15) is 48.5 Å². The fourth-order valence-corrected chi connectivity index (χ4v) is 3.75. The lowest BCUT2D eigenvalue weighted by Gasteiger charge is -2.38. The molecule has 0 spiro atoms. The highest BCUT2D eigenvalue weighted by Crippen LogP contribution is 2.40. The minimum atomic E-state index is -1.00. The Kier molecular flexibility index (Phi) is 5.79. The van der Waals surface area contributed by atoms with Crippen molar-refractivity contribution in [1.82, 2.24) is 14.9 Å². The first-order chi connectivity index (χ1) is 14.3. The van der Waals surface area contributed by atoms with Crippen LogP contribution in [-0.2, 0) is 19.6 Å². The van der Waals surface area contributed by atoms with Gasteiger partial charge >= 0.3 is 7.12 Å². The van der Waals surface area contributed by atoms with Gasteiger partial charge in [-0.3, -0.25) is 14.2 Å². The van der Waals surface area contributed by atoms with Crippen LogP contribution in [0.15, 0.2) is 41.3 Å². The van der Waals surface area contributed by atoms with Gasteiger partial charge in [0.2, 0.25) is 5.91 Å². The minimum absolute atomic E-state index is 0.0169. The van der Waals surface area contributed by atoms with Gasteiger partial charge in [-0.2, -0.15) is 0 Å². The lowest BCUT2D eigenvalue weighted by molar-refractivity contribution is -0.120. The van der Waals surface area contributed by atoms with E-state index < -0.39 is 35.4 Å². The van der Waals surface area contributed by atoms with E-state index in [1.807, 2.05) is 71.9 Å². The van der Waals surface area contributed by atoms with Crippen molar-refractivity contribution in [2.24, 2.45) is 0 Å². The van der Waals surface area contributed by atoms with Crippen molar-refractivity contribution in [2.75, 3.05) is 5.73 Å². The van der Waals surface area contributed by atoms with Gasteiger partial charge in [-0.15, -0.1) is 0 Å². The number of aromatic nitrogens is 2. The lowest BCUT2D eigenvalue weighted by atomic mass is 9.67. The molecule has 1 unspecified atom stereocenters. The summed E-state index contributed by atoms with van der Waals surface area (Å²) in [4.78, 5) is 29.9. The van der Waals surface area contributed by atoms with Crippen molar-refractivity contribution in [1.29, 1.82) is 0 Å². The summed E-state index contributed by atoms with van der Waals surface area (Å²) in [6.07, 6.45) is 1.36. The summed E-state index contributed by atoms with van der Waals surface area (Å²) in [5.74, 6) is -0.523. The topological polar surface area (TPSA) is 108 Å². The zero-order chi connectivity index (χ0) is 23.2. The molecule has 2 heterocycles. The van der Waals surface area contributed by atoms with Gasteiger partial charge in [0.05, 0.1) is 28.9 Å². The van der Waals surface area contributed by atoms with Crippen molar-refractivity contribution in [3.63, 3.8) is 0 Å². The second-order valence-electron chi connectivity index (χ2n) is 9.50. The number of hydrogen-bond donors (Lipinski definition) is 2. The highest BCUT2D eigenvalue weighted by Gasteiger charge is 2.57. The Morgan fingerprint density at radius 3 is 2.23 bits per heavy atom. The Bertz CT molecular complexity index is 1020. The van der Waals surface area contributed by atoms with Gasteiger partial charge in [0, 0.05) is 12.5 Å². The molecule has 8 nitrogen and oxygen atoms in total. The smallest absolute Gasteiger partial charge is 0.402 e. The van der Waals surface area contributed by atoms with Crippen LogP contribution in [0.3, 0.4) is 0 Å². The summed E-state index contributed by atoms with van der Waals surface area (Å²) >= 11 is 0. The van der Waals surface area contributed by atoms with Gasteiger partial charge in [0.25, 0.3) is 5.56 Å². The summed E-state index contributed by atoms with van der Waals surface area (Å²) in [6.45, 7) is 12.9. The van der Waals surface area contributed by atoms with Crippen molar-refractivity contribution in [3.8, 4) is 11.4 Å². The second kappa shape index (κ2) is 7.80. The third kappa shape index (κ3) is 4.12. The number of rotatable bonds is 5. The molecule has 1 aromatic carbocycles. The Labute approximate surface area is 183 Å². The molecule has 1 aromatic heterocycles. The number of carbonyl (C=O) groups excluding carboxylic acids is 1. The summed E-state index contributed by atoms with van der Waals surface area (Å²) in [6, 6.07) is 9.36. The molecule has 166 valence electrons. The van der Waals surface area contributed by atoms with Crippen LogP contribution < -0.4 is 16.6 Å². The average Bonchev–Trinajstić information content (AvgIpc) is 2.89. The molecule has 0 aliphatic carbocycles. The number of carbonyl (C=O) groups is 1. The quantitative estimate of drug-likeness (QED) is 0.711. The van der Waals surface area contributed by atoms with E-state index in [0.29, 0.717) is 5.82 Å². The molecule has 1 saturated heterocycles. The summed E-state index contributed by atoms with van der Waals surface area (Å²) < 4.78 is 14.0. The van der Waals surface area contributed by atoms with E-state index in [1.165, 1.54) is 17.7 Å². The molecule has 0 bridgehead atoms. The molecule has 1 aliphatic rings. The Balaban J connectivity index is 2.19. The average molecular weight is 426 g/mol. The van der Waals surface area contributed by atoms with E-state index in [1.54, 1.807) is 0 Å². The van der Waals surface area contributed by atoms with Crippen LogP contribution in [-0.4, -0.2) is 39.7 Å². The van der Waals surface area contributed by atoms with E-state index in [9.17, 15) is 9.59 Å². The highest BCUT2D eigenvalue weighted by molar-refractivity contribution is 6.48. The second-order valence-corrected chi connectivity index (χ2v) is 9.50. The minimum Gasteiger partial charge on any atom is -0.402 e. The van der Waals surface area contributed by atoms with Crippen LogP contribution in [0, 0.1) is 0 Å². The van der Waals surface area contributed by atoms with Crippen LogP contribution in [0.25, 0.3) is 11.4 Å². The maximum absolute atomic E-state index is 13.3. The van der Waals surface area contributed by atoms with Gasteiger partial charge in [-0.1, -0.05) is 30.3 Å². The molecule has 0 saturated carbocycles. The number of hydrogen-bond acceptors (Lipinski definition) is 6. The third-order valence-corrected chi connectivity index (χ3v) is 6.26. The number of nitrogens with two attached hydrogens (primary N) is 1. The van der Waals surface area contributed by atoms with Crippen molar-refractivity contribution in [3.05, 3.63) is 46.9 Å². The van der Waals surface area contributed by atoms with Gasteiger partial charge in [-0.05, 0) is 41.5 Å². The van der Waals surface area contributed by atoms with Crippen LogP contribution >= 0.6 is 0 Å². The molecular formula is C22H31BN4O4. The summed E-state index contributed by atoms with van der Waals surface area (Å²) in [5.41, 5.74) is 4.12. The number of anilines is 1. The maximum Gasteiger partial charge on any atom is 0.484 e. The molecule has 9 heteroatoms. The van der Waals surface area contributed by atoms with Gasteiger partial charge in [-0.25, -0.2) is 4.98 Å². The SMILES string of the molecule is CC(=O)NC(B1OC(C)(C)C(C)(C)O1)C(C)(C)n1c(-c2ccccc2)ncc(N)c1=O. The first-order valence-electron chi connectivity index (χ1n) is 10.3. The third-order valence-electron chi connectivity index (χ3n) is 6.26. The molecule has 1 amide bonds. The highest BCUT2D eigenvalue weighted by atomic mass is 16.7. The molecule has 2 aromatic rings. The van der Waals surface area contributed by atoms with Crippen molar-refractivity contribution in [2.45, 2.75) is 71.1 Å². The molecule has 1 atom stereocenters. The van der Waals surface area contributed by atoms with Crippen LogP contribution in [0.2, 0.25) is 0 Å². The first kappa shape index (κ1) is 23.0. The largest absolute Gasteiger partial charge is 0.484 e. The monoisotopic (exact) mass is 426 g/mol. The fourth-order valence-electron chi connectivity index (χ4n) is 3.75. The number of benzene rings is 1. The zero-order valence-electron chi connectivity index (χ0n) is 19.2. The van der Waals surface area contributed by atoms with Crippen molar-refractivity contribution < 1.29 is 14.1 Å². The van der Waals surface area contributed by atoms with E-state index in [4.69, 9.17) is 15.0 Å². The molecular weight excluding hydrogens is 395 g/mol. The van der Waals surface area contributed by atoms with Crippen molar-refractivity contribution >= 4 is 18.7 Å². The number of nitrogen functional groups attached to an aromatic ring is 1. The fraction of sp³-hybridized carbons (Fsp3) is 0.500. The molecule has 31 heavy (non-hydrogen) atoms. The van der Waals surface area contributed by atoms with Gasteiger partial charge in [0.1, 0.15) is 11.5 Å². The van der Waals surface area contributed by atoms with Crippen LogP contribution in [0.4, 0.5) is 5.69 Å². The van der Waals surface area contributed by atoms with E-state index in [2.05, 4.69) is 10.3 Å². The zero-order valence-corrected chi connectivity index (χ0v) is 19.2. The standard InChI is InChI=1S/C22H31BN4O4/c1-14(28)26-19(23-30-21(4,5)22(6,7)31-23)20(2,3)27-17(15-11-9-8-10-12-15)25-13-16(24)18(27)29/h8-13,19H,24H2,1-7H3,(H,26,28). The Hall–Kier alpha value is -2.65.